The number of benzene rings is 1. The van der Waals surface area contributed by atoms with Crippen molar-refractivity contribution in [3.05, 3.63) is 82.3 Å². The first kappa shape index (κ1) is 16.4. The predicted molar refractivity (Wildman–Crippen MR) is 103 cm³/mol. The summed E-state index contributed by atoms with van der Waals surface area (Å²) in [6.45, 7) is 1.94. The second-order valence-corrected chi connectivity index (χ2v) is 6.47. The highest BCUT2D eigenvalue weighted by Gasteiger charge is 2.12. The van der Waals surface area contributed by atoms with Crippen LogP contribution in [0.2, 0.25) is 5.02 Å². The molecule has 4 rings (SSSR count). The third kappa shape index (κ3) is 3.19. The number of hydrogen-bond acceptors (Lipinski definition) is 4. The SMILES string of the molecule is CC(Nc1cccc(-n2ccnc2)c1)c1cc2cc(Cl)cnc2[nH]c1=O. The molecule has 1 unspecified atom stereocenters. The van der Waals surface area contributed by atoms with Gasteiger partial charge < -0.3 is 14.9 Å². The Morgan fingerprint density at radius 3 is 2.96 bits per heavy atom. The van der Waals surface area contributed by atoms with E-state index in [1.165, 1.54) is 6.20 Å². The predicted octanol–water partition coefficient (Wildman–Crippen LogP) is 3.94. The molecule has 6 nitrogen and oxygen atoms in total. The molecule has 4 aromatic rings. The van der Waals surface area contributed by atoms with Gasteiger partial charge in [-0.25, -0.2) is 9.97 Å². The first-order valence-electron chi connectivity index (χ1n) is 8.13. The first-order valence-corrected chi connectivity index (χ1v) is 8.51. The van der Waals surface area contributed by atoms with E-state index in [0.29, 0.717) is 16.2 Å². The minimum atomic E-state index is -0.194. The van der Waals surface area contributed by atoms with Gasteiger partial charge in [0, 0.05) is 40.9 Å². The summed E-state index contributed by atoms with van der Waals surface area (Å²) in [5.74, 6) is 0. The Kier molecular flexibility index (Phi) is 4.18. The van der Waals surface area contributed by atoms with Crippen LogP contribution in [0.3, 0.4) is 0 Å². The maximum Gasteiger partial charge on any atom is 0.254 e. The van der Waals surface area contributed by atoms with Crippen molar-refractivity contribution in [2.45, 2.75) is 13.0 Å². The van der Waals surface area contributed by atoms with Crippen LogP contribution in [0.25, 0.3) is 16.7 Å². The van der Waals surface area contributed by atoms with Crippen LogP contribution < -0.4 is 10.9 Å². The van der Waals surface area contributed by atoms with Gasteiger partial charge in [-0.15, -0.1) is 0 Å². The molecule has 3 heterocycles. The van der Waals surface area contributed by atoms with Crippen LogP contribution in [-0.2, 0) is 0 Å². The lowest BCUT2D eigenvalue weighted by molar-refractivity contribution is 0.864. The van der Waals surface area contributed by atoms with Crippen LogP contribution in [0.4, 0.5) is 5.69 Å². The van der Waals surface area contributed by atoms with Gasteiger partial charge >= 0.3 is 0 Å². The van der Waals surface area contributed by atoms with Crippen LogP contribution in [0.5, 0.6) is 0 Å². The van der Waals surface area contributed by atoms with Gasteiger partial charge in [-0.2, -0.15) is 0 Å². The van der Waals surface area contributed by atoms with E-state index in [4.69, 9.17) is 11.6 Å². The van der Waals surface area contributed by atoms with E-state index in [1.807, 2.05) is 48.0 Å². The third-order valence-corrected chi connectivity index (χ3v) is 4.39. The van der Waals surface area contributed by atoms with Gasteiger partial charge in [0.15, 0.2) is 0 Å². The topological polar surface area (TPSA) is 75.6 Å². The molecule has 0 spiro atoms. The number of halogens is 1. The fraction of sp³-hybridized carbons (Fsp3) is 0.105. The van der Waals surface area contributed by atoms with E-state index in [1.54, 1.807) is 18.6 Å². The summed E-state index contributed by atoms with van der Waals surface area (Å²) in [6.07, 6.45) is 6.87. The lowest BCUT2D eigenvalue weighted by atomic mass is 10.1. The molecule has 0 radical (unpaired) electrons. The Morgan fingerprint density at radius 1 is 1.27 bits per heavy atom. The zero-order valence-electron chi connectivity index (χ0n) is 14.0. The normalized spacial score (nSPS) is 12.2. The molecular weight excluding hydrogens is 350 g/mol. The van der Waals surface area contributed by atoms with Gasteiger partial charge in [0.1, 0.15) is 5.65 Å². The first-order chi connectivity index (χ1) is 12.6. The van der Waals surface area contributed by atoms with Crippen molar-refractivity contribution in [1.29, 1.82) is 0 Å². The summed E-state index contributed by atoms with van der Waals surface area (Å²) in [6, 6.07) is 11.3. The standard InChI is InChI=1S/C19H16ClN5O/c1-12(17-8-13-7-14(20)10-22-18(13)24-19(17)26)23-15-3-2-4-16(9-15)25-6-5-21-11-25/h2-12,23H,1H3,(H,22,24,26). The molecule has 0 aliphatic rings. The number of pyridine rings is 2. The molecule has 1 atom stereocenters. The molecule has 0 bridgehead atoms. The molecule has 0 saturated heterocycles. The lowest BCUT2D eigenvalue weighted by Crippen LogP contribution is -2.19. The smallest absolute Gasteiger partial charge is 0.254 e. The van der Waals surface area contributed by atoms with Crippen molar-refractivity contribution in [3.63, 3.8) is 0 Å². The number of rotatable bonds is 4. The van der Waals surface area contributed by atoms with Gasteiger partial charge in [0.2, 0.25) is 0 Å². The number of aromatic amines is 1. The Labute approximate surface area is 154 Å². The highest BCUT2D eigenvalue weighted by Crippen LogP contribution is 2.22. The summed E-state index contributed by atoms with van der Waals surface area (Å²) in [5, 5.41) is 4.70. The van der Waals surface area contributed by atoms with Crippen LogP contribution in [0.15, 0.2) is 66.1 Å². The zero-order chi connectivity index (χ0) is 18.1. The highest BCUT2D eigenvalue weighted by atomic mass is 35.5. The average Bonchev–Trinajstić information content (AvgIpc) is 3.16. The number of hydrogen-bond donors (Lipinski definition) is 2. The monoisotopic (exact) mass is 365 g/mol. The van der Waals surface area contributed by atoms with E-state index in [-0.39, 0.29) is 11.6 Å². The number of aromatic nitrogens is 4. The van der Waals surface area contributed by atoms with Crippen molar-refractivity contribution in [3.8, 4) is 5.69 Å². The number of H-pyrrole nitrogens is 1. The summed E-state index contributed by atoms with van der Waals surface area (Å²) < 4.78 is 1.92. The second-order valence-electron chi connectivity index (χ2n) is 6.03. The Morgan fingerprint density at radius 2 is 2.15 bits per heavy atom. The summed E-state index contributed by atoms with van der Waals surface area (Å²) in [5.41, 5.74) is 2.88. The van der Waals surface area contributed by atoms with E-state index in [9.17, 15) is 4.79 Å². The van der Waals surface area contributed by atoms with Crippen molar-refractivity contribution >= 4 is 28.3 Å². The van der Waals surface area contributed by atoms with Crippen molar-refractivity contribution < 1.29 is 0 Å². The van der Waals surface area contributed by atoms with Gasteiger partial charge in [-0.1, -0.05) is 17.7 Å². The molecule has 2 N–H and O–H groups in total. The molecule has 0 aliphatic heterocycles. The molecular formula is C19H16ClN5O. The van der Waals surface area contributed by atoms with Gasteiger partial charge in [-0.05, 0) is 37.3 Å². The Balaban J connectivity index is 1.65. The number of fused-ring (bicyclic) bond motifs is 1. The van der Waals surface area contributed by atoms with Gasteiger partial charge in [0.05, 0.1) is 17.4 Å². The summed E-state index contributed by atoms with van der Waals surface area (Å²) in [7, 11) is 0. The minimum Gasteiger partial charge on any atom is -0.378 e. The highest BCUT2D eigenvalue weighted by molar-refractivity contribution is 6.31. The van der Waals surface area contributed by atoms with Crippen LogP contribution in [0, 0.1) is 0 Å². The largest absolute Gasteiger partial charge is 0.378 e. The van der Waals surface area contributed by atoms with Crippen molar-refractivity contribution in [2.24, 2.45) is 0 Å². The number of anilines is 1. The molecule has 130 valence electrons. The molecule has 0 aliphatic carbocycles. The summed E-state index contributed by atoms with van der Waals surface area (Å²) >= 11 is 6.01. The quantitative estimate of drug-likeness (QED) is 0.574. The molecule has 26 heavy (non-hydrogen) atoms. The Hall–Kier alpha value is -3.12. The molecule has 3 aromatic heterocycles. The molecule has 7 heteroatoms. The van der Waals surface area contributed by atoms with Crippen molar-refractivity contribution in [1.82, 2.24) is 19.5 Å². The van der Waals surface area contributed by atoms with E-state index >= 15 is 0 Å². The van der Waals surface area contributed by atoms with Crippen molar-refractivity contribution in [2.75, 3.05) is 5.32 Å². The zero-order valence-corrected chi connectivity index (χ0v) is 14.7. The number of nitrogens with zero attached hydrogens (tertiary/aromatic N) is 3. The van der Waals surface area contributed by atoms with Crippen LogP contribution in [-0.4, -0.2) is 19.5 Å². The van der Waals surface area contributed by atoms with Crippen LogP contribution in [0.1, 0.15) is 18.5 Å². The molecule has 0 fully saturated rings. The number of imidazole rings is 1. The van der Waals surface area contributed by atoms with Crippen LogP contribution >= 0.6 is 11.6 Å². The minimum absolute atomic E-state index is 0.168. The Bertz CT molecular complexity index is 1120. The molecule has 0 amide bonds. The maximum absolute atomic E-state index is 12.4. The van der Waals surface area contributed by atoms with E-state index < -0.39 is 0 Å². The van der Waals surface area contributed by atoms with E-state index in [0.717, 1.165) is 16.8 Å². The van der Waals surface area contributed by atoms with Gasteiger partial charge in [0.25, 0.3) is 5.56 Å². The summed E-state index contributed by atoms with van der Waals surface area (Å²) in [4.78, 5) is 23.4. The number of nitrogens with one attached hydrogen (secondary N) is 2. The fourth-order valence-corrected chi connectivity index (χ4v) is 3.07. The fourth-order valence-electron chi connectivity index (χ4n) is 2.90. The lowest BCUT2D eigenvalue weighted by Gasteiger charge is -2.16. The average molecular weight is 366 g/mol. The molecule has 1 aromatic carbocycles. The molecule has 0 saturated carbocycles. The van der Waals surface area contributed by atoms with Gasteiger partial charge in [-0.3, -0.25) is 4.79 Å². The maximum atomic E-state index is 12.4. The van der Waals surface area contributed by atoms with E-state index in [2.05, 4.69) is 20.3 Å². The second kappa shape index (κ2) is 6.65. The third-order valence-electron chi connectivity index (χ3n) is 4.19.